The average Bonchev–Trinajstić information content (AvgIpc) is 3.13. The predicted octanol–water partition coefficient (Wildman–Crippen LogP) is 13.2. The van der Waals surface area contributed by atoms with Crippen molar-refractivity contribution in [2.24, 2.45) is 0 Å². The Morgan fingerprint density at radius 2 is 1.05 bits per heavy atom. The minimum atomic E-state index is -4.26. The third-order valence-corrected chi connectivity index (χ3v) is 10.4. The van der Waals surface area contributed by atoms with Crippen LogP contribution < -0.4 is 0 Å². The Kier molecular flexibility index (Phi) is 38.2. The van der Waals surface area contributed by atoms with E-state index in [4.69, 9.17) is 18.5 Å². The number of unbranched alkanes of at least 4 members (excludes halogenated alkanes) is 19. The second-order valence-electron chi connectivity index (χ2n) is 16.1. The van der Waals surface area contributed by atoms with E-state index in [1.807, 2.05) is 21.1 Å². The Balaban J connectivity index is 3.97. The van der Waals surface area contributed by atoms with Gasteiger partial charge in [-0.3, -0.25) is 13.8 Å². The minimum Gasteiger partial charge on any atom is -0.457 e. The third-order valence-electron chi connectivity index (χ3n) is 9.40. The molecule has 0 aliphatic carbocycles. The van der Waals surface area contributed by atoms with Gasteiger partial charge in [0, 0.05) is 13.0 Å². The van der Waals surface area contributed by atoms with Crippen LogP contribution in [0.1, 0.15) is 181 Å². The second-order valence-corrected chi connectivity index (χ2v) is 17.5. The average molecular weight is 797 g/mol. The first-order valence-electron chi connectivity index (χ1n) is 22.4. The Labute approximate surface area is 339 Å². The van der Waals surface area contributed by atoms with Crippen molar-refractivity contribution in [3.63, 3.8) is 0 Å². The van der Waals surface area contributed by atoms with Crippen LogP contribution in [0.2, 0.25) is 0 Å². The van der Waals surface area contributed by atoms with Crippen LogP contribution in [0.4, 0.5) is 0 Å². The van der Waals surface area contributed by atoms with Crippen LogP contribution in [0.5, 0.6) is 0 Å². The number of phosphoric acid groups is 1. The zero-order valence-electron chi connectivity index (χ0n) is 36.4. The first kappa shape index (κ1) is 53.5. The van der Waals surface area contributed by atoms with Crippen LogP contribution in [0, 0.1) is 0 Å². The molecule has 0 rings (SSSR count). The largest absolute Gasteiger partial charge is 0.472 e. The van der Waals surface area contributed by atoms with Crippen molar-refractivity contribution in [2.45, 2.75) is 187 Å². The van der Waals surface area contributed by atoms with Crippen molar-refractivity contribution in [2.75, 3.05) is 54.1 Å². The van der Waals surface area contributed by atoms with Crippen molar-refractivity contribution in [1.82, 2.24) is 0 Å². The quantitative estimate of drug-likeness (QED) is 0.0217. The van der Waals surface area contributed by atoms with Gasteiger partial charge in [-0.15, -0.1) is 0 Å². The molecule has 2 atom stereocenters. The summed E-state index contributed by atoms with van der Waals surface area (Å²) < 4.78 is 34.8. The molecule has 0 heterocycles. The van der Waals surface area contributed by atoms with Crippen molar-refractivity contribution >= 4 is 13.8 Å². The highest BCUT2D eigenvalue weighted by Crippen LogP contribution is 2.43. The monoisotopic (exact) mass is 797 g/mol. The molecule has 1 N–H and O–H groups in total. The standard InChI is InChI=1S/C46H86NO7P/c1-6-8-10-12-14-15-16-17-18-19-20-21-22-23-24-25-26-27-28-29-30-31-32-34-36-38-41-51-43-45(44-53-55(49,50)52-42-40-47(3,4)5)54-46(48)39-37-35-33-13-11-9-7-2/h8,10,14-15,17-18,20-21,45H,6-7,9,11-13,16,19,22-44H2,1-5H3/p+1/b10-8-,15-14-,18-17-,21-20-. The first-order chi connectivity index (χ1) is 26.6. The number of rotatable bonds is 41. The summed E-state index contributed by atoms with van der Waals surface area (Å²) >= 11 is 0. The van der Waals surface area contributed by atoms with Crippen LogP contribution in [-0.2, 0) is 27.9 Å². The summed E-state index contributed by atoms with van der Waals surface area (Å²) in [5.74, 6) is -0.321. The Hall–Kier alpha value is -1.54. The molecule has 0 spiro atoms. The van der Waals surface area contributed by atoms with Crippen molar-refractivity contribution < 1.29 is 37.3 Å². The zero-order chi connectivity index (χ0) is 40.6. The predicted molar refractivity (Wildman–Crippen MR) is 233 cm³/mol. The maximum absolute atomic E-state index is 12.5. The zero-order valence-corrected chi connectivity index (χ0v) is 37.3. The molecule has 0 fully saturated rings. The van der Waals surface area contributed by atoms with E-state index in [-0.39, 0.29) is 25.8 Å². The van der Waals surface area contributed by atoms with Gasteiger partial charge in [-0.25, -0.2) is 4.57 Å². The van der Waals surface area contributed by atoms with Crippen LogP contribution >= 0.6 is 7.82 Å². The molecule has 8 nitrogen and oxygen atoms in total. The highest BCUT2D eigenvalue weighted by Gasteiger charge is 2.26. The highest BCUT2D eigenvalue weighted by atomic mass is 31.2. The summed E-state index contributed by atoms with van der Waals surface area (Å²) in [6.07, 6.45) is 47.4. The lowest BCUT2D eigenvalue weighted by Gasteiger charge is -2.24. The summed E-state index contributed by atoms with van der Waals surface area (Å²) in [6.45, 7) is 5.47. The van der Waals surface area contributed by atoms with E-state index < -0.39 is 13.9 Å². The first-order valence-corrected chi connectivity index (χ1v) is 23.9. The van der Waals surface area contributed by atoms with E-state index in [9.17, 15) is 14.3 Å². The van der Waals surface area contributed by atoms with E-state index in [0.717, 1.165) is 57.8 Å². The number of likely N-dealkylation sites (N-methyl/N-ethyl adjacent to an activating group) is 1. The third kappa shape index (κ3) is 43.4. The van der Waals surface area contributed by atoms with Crippen LogP contribution in [0.25, 0.3) is 0 Å². The summed E-state index contributed by atoms with van der Waals surface area (Å²) in [7, 11) is 1.67. The normalized spacial score (nSPS) is 14.2. The van der Waals surface area contributed by atoms with Crippen LogP contribution in [0.3, 0.4) is 0 Å². The molecule has 0 aromatic heterocycles. The van der Waals surface area contributed by atoms with E-state index in [0.29, 0.717) is 24.1 Å². The van der Waals surface area contributed by atoms with Crippen LogP contribution in [0.15, 0.2) is 48.6 Å². The lowest BCUT2D eigenvalue weighted by molar-refractivity contribution is -0.870. The highest BCUT2D eigenvalue weighted by molar-refractivity contribution is 7.47. The number of hydrogen-bond donors (Lipinski definition) is 1. The molecule has 0 bridgehead atoms. The number of allylic oxidation sites excluding steroid dienone is 8. The second kappa shape index (κ2) is 39.3. The maximum atomic E-state index is 12.5. The fourth-order valence-corrected chi connectivity index (χ4v) is 6.70. The molecule has 0 aliphatic heterocycles. The number of phosphoric ester groups is 1. The summed E-state index contributed by atoms with van der Waals surface area (Å²) in [5, 5.41) is 0. The molecule has 0 radical (unpaired) electrons. The van der Waals surface area contributed by atoms with Crippen molar-refractivity contribution in [3.8, 4) is 0 Å². The van der Waals surface area contributed by atoms with E-state index >= 15 is 0 Å². The van der Waals surface area contributed by atoms with Crippen LogP contribution in [-0.4, -0.2) is 75.6 Å². The molecule has 9 heteroatoms. The molecule has 0 saturated heterocycles. The lowest BCUT2D eigenvalue weighted by Crippen LogP contribution is -2.37. The summed E-state index contributed by atoms with van der Waals surface area (Å²) in [4.78, 5) is 22.7. The maximum Gasteiger partial charge on any atom is 0.472 e. The van der Waals surface area contributed by atoms with E-state index in [1.165, 1.54) is 103 Å². The van der Waals surface area contributed by atoms with Gasteiger partial charge in [0.1, 0.15) is 19.3 Å². The van der Waals surface area contributed by atoms with Gasteiger partial charge in [-0.2, -0.15) is 0 Å². The molecular formula is C46H87NO7P+. The van der Waals surface area contributed by atoms with Crippen molar-refractivity contribution in [3.05, 3.63) is 48.6 Å². The number of nitrogens with zero attached hydrogens (tertiary/aromatic N) is 1. The molecule has 0 saturated carbocycles. The van der Waals surface area contributed by atoms with Gasteiger partial charge in [0.25, 0.3) is 0 Å². The number of esters is 1. The number of ether oxygens (including phenoxy) is 2. The number of carbonyl (C=O) groups is 1. The molecule has 0 amide bonds. The molecular weight excluding hydrogens is 709 g/mol. The summed E-state index contributed by atoms with van der Waals surface area (Å²) in [5.41, 5.74) is 0. The SMILES string of the molecule is CC/C=C\C/C=C\C/C=C\C/C=C\CCCCCCCCCCCCCCCOCC(COP(=O)(O)OCC[N+](C)(C)C)OC(=O)CCCCCCCCC. The van der Waals surface area contributed by atoms with Gasteiger partial charge in [0.05, 0.1) is 34.4 Å². The van der Waals surface area contributed by atoms with Gasteiger partial charge in [0.2, 0.25) is 0 Å². The number of quaternary nitrogens is 1. The van der Waals surface area contributed by atoms with E-state index in [1.54, 1.807) is 0 Å². The van der Waals surface area contributed by atoms with Gasteiger partial charge in [-0.1, -0.05) is 172 Å². The van der Waals surface area contributed by atoms with E-state index in [2.05, 4.69) is 62.5 Å². The molecule has 0 aromatic rings. The van der Waals surface area contributed by atoms with Gasteiger partial charge in [-0.05, 0) is 51.4 Å². The number of hydrogen-bond acceptors (Lipinski definition) is 6. The Morgan fingerprint density at radius 3 is 1.58 bits per heavy atom. The molecule has 322 valence electrons. The lowest BCUT2D eigenvalue weighted by atomic mass is 10.0. The fourth-order valence-electron chi connectivity index (χ4n) is 5.96. The topological polar surface area (TPSA) is 91.3 Å². The van der Waals surface area contributed by atoms with Gasteiger partial charge < -0.3 is 18.9 Å². The Bertz CT molecular complexity index is 1020. The Morgan fingerprint density at radius 1 is 0.582 bits per heavy atom. The van der Waals surface area contributed by atoms with Gasteiger partial charge >= 0.3 is 13.8 Å². The fraction of sp³-hybridized carbons (Fsp3) is 0.804. The molecule has 0 aromatic carbocycles. The van der Waals surface area contributed by atoms with Crippen molar-refractivity contribution in [1.29, 1.82) is 0 Å². The molecule has 55 heavy (non-hydrogen) atoms. The summed E-state index contributed by atoms with van der Waals surface area (Å²) in [6, 6.07) is 0. The number of carbonyl (C=O) groups excluding carboxylic acids is 1. The molecule has 2 unspecified atom stereocenters. The molecule has 0 aliphatic rings. The minimum absolute atomic E-state index is 0.0884. The van der Waals surface area contributed by atoms with Gasteiger partial charge in [0.15, 0.2) is 0 Å². The smallest absolute Gasteiger partial charge is 0.457 e.